The van der Waals surface area contributed by atoms with E-state index in [1.165, 1.54) is 13.2 Å². The first-order valence-electron chi connectivity index (χ1n) is 10.4. The maximum absolute atomic E-state index is 12.3. The van der Waals surface area contributed by atoms with Crippen LogP contribution in [0.1, 0.15) is 27.4 Å². The maximum atomic E-state index is 12.3. The summed E-state index contributed by atoms with van der Waals surface area (Å²) in [5, 5.41) is 10.3. The van der Waals surface area contributed by atoms with Crippen molar-refractivity contribution in [3.05, 3.63) is 99.9 Å². The molecule has 0 aromatic heterocycles. The highest BCUT2D eigenvalue weighted by atomic mass is 35.5. The van der Waals surface area contributed by atoms with Crippen molar-refractivity contribution < 1.29 is 28.5 Å². The van der Waals surface area contributed by atoms with Gasteiger partial charge in [-0.1, -0.05) is 29.8 Å². The second kappa shape index (κ2) is 10.2. The van der Waals surface area contributed by atoms with Gasteiger partial charge in [0, 0.05) is 16.7 Å². The molecule has 0 saturated heterocycles. The van der Waals surface area contributed by atoms with Crippen molar-refractivity contribution in [2.75, 3.05) is 13.7 Å². The summed E-state index contributed by atoms with van der Waals surface area (Å²) >= 11 is 5.84. The number of carbonyl (C=O) groups excluding carboxylic acids is 2. The van der Waals surface area contributed by atoms with Gasteiger partial charge in [-0.3, -0.25) is 0 Å². The molecular formula is C26H19ClN2O6. The Morgan fingerprint density at radius 3 is 2.40 bits per heavy atom. The molecule has 3 aromatic carbocycles. The van der Waals surface area contributed by atoms with Gasteiger partial charge in [-0.2, -0.15) is 5.26 Å². The van der Waals surface area contributed by atoms with E-state index in [1.807, 2.05) is 0 Å². The fourth-order valence-electron chi connectivity index (χ4n) is 3.61. The van der Waals surface area contributed by atoms with Crippen molar-refractivity contribution in [3.8, 4) is 23.3 Å². The molecule has 1 aliphatic heterocycles. The number of halogens is 1. The summed E-state index contributed by atoms with van der Waals surface area (Å²) in [5.74, 6) is -0.639. The number of esters is 2. The fourth-order valence-corrected chi connectivity index (χ4v) is 3.73. The molecule has 1 unspecified atom stereocenters. The van der Waals surface area contributed by atoms with Gasteiger partial charge in [0.05, 0.1) is 18.6 Å². The van der Waals surface area contributed by atoms with Crippen LogP contribution >= 0.6 is 11.6 Å². The number of ether oxygens (including phenoxy) is 4. The van der Waals surface area contributed by atoms with Crippen molar-refractivity contribution in [2.45, 2.75) is 5.92 Å². The van der Waals surface area contributed by atoms with Crippen LogP contribution in [0.25, 0.3) is 0 Å². The molecule has 1 heterocycles. The van der Waals surface area contributed by atoms with Crippen LogP contribution in [0.4, 0.5) is 0 Å². The Morgan fingerprint density at radius 2 is 1.74 bits per heavy atom. The lowest BCUT2D eigenvalue weighted by atomic mass is 9.83. The molecule has 35 heavy (non-hydrogen) atoms. The van der Waals surface area contributed by atoms with Crippen LogP contribution in [0.2, 0.25) is 5.02 Å². The van der Waals surface area contributed by atoms with Crippen LogP contribution in [0.3, 0.4) is 0 Å². The predicted molar refractivity (Wildman–Crippen MR) is 126 cm³/mol. The molecule has 0 aliphatic carbocycles. The third-order valence-electron chi connectivity index (χ3n) is 5.26. The highest BCUT2D eigenvalue weighted by Gasteiger charge is 2.31. The topological polar surface area (TPSA) is 121 Å². The van der Waals surface area contributed by atoms with E-state index in [9.17, 15) is 14.9 Å². The Labute approximate surface area is 206 Å². The number of nitrogens with two attached hydrogens (primary N) is 1. The summed E-state index contributed by atoms with van der Waals surface area (Å²) in [5.41, 5.74) is 8.01. The summed E-state index contributed by atoms with van der Waals surface area (Å²) < 4.78 is 21.2. The minimum Gasteiger partial charge on any atom is -0.482 e. The largest absolute Gasteiger partial charge is 0.482 e. The highest BCUT2D eigenvalue weighted by Crippen LogP contribution is 2.43. The van der Waals surface area contributed by atoms with Crippen LogP contribution in [-0.4, -0.2) is 25.7 Å². The zero-order valence-corrected chi connectivity index (χ0v) is 19.2. The van der Waals surface area contributed by atoms with E-state index in [0.29, 0.717) is 27.6 Å². The summed E-state index contributed by atoms with van der Waals surface area (Å²) in [6.07, 6.45) is 0. The number of methoxy groups -OCH3 is 1. The molecular weight excluding hydrogens is 472 g/mol. The lowest BCUT2D eigenvalue weighted by molar-refractivity contribution is -0.136. The molecule has 176 valence electrons. The van der Waals surface area contributed by atoms with Gasteiger partial charge in [0.1, 0.15) is 28.9 Å². The van der Waals surface area contributed by atoms with Gasteiger partial charge < -0.3 is 24.7 Å². The second-order valence-corrected chi connectivity index (χ2v) is 7.89. The average molecular weight is 491 g/mol. The molecule has 2 N–H and O–H groups in total. The Bertz CT molecular complexity index is 1340. The summed E-state index contributed by atoms with van der Waals surface area (Å²) in [7, 11) is 1.30. The van der Waals surface area contributed by atoms with E-state index in [0.717, 1.165) is 5.56 Å². The Hall–Kier alpha value is -4.48. The number of carbonyl (C=O) groups is 2. The summed E-state index contributed by atoms with van der Waals surface area (Å²) in [4.78, 5) is 24.0. The zero-order valence-electron chi connectivity index (χ0n) is 18.5. The molecule has 1 atom stereocenters. The molecule has 0 saturated carbocycles. The van der Waals surface area contributed by atoms with Crippen LogP contribution < -0.4 is 19.9 Å². The number of fused-ring (bicyclic) bond motifs is 1. The first-order chi connectivity index (χ1) is 16.9. The van der Waals surface area contributed by atoms with E-state index >= 15 is 0 Å². The number of benzene rings is 3. The van der Waals surface area contributed by atoms with Gasteiger partial charge in [-0.05, 0) is 48.0 Å². The summed E-state index contributed by atoms with van der Waals surface area (Å²) in [6.45, 7) is -0.310. The lowest BCUT2D eigenvalue weighted by Crippen LogP contribution is -2.21. The van der Waals surface area contributed by atoms with Crippen molar-refractivity contribution in [3.63, 3.8) is 0 Å². The van der Waals surface area contributed by atoms with E-state index < -0.39 is 17.9 Å². The van der Waals surface area contributed by atoms with Gasteiger partial charge in [0.15, 0.2) is 6.61 Å². The van der Waals surface area contributed by atoms with Crippen molar-refractivity contribution in [1.82, 2.24) is 0 Å². The SMILES string of the molecule is COC(=O)c1ccc(C2C(C#N)=C(N)Oc3cc(OC(=O)COc4ccc(Cl)cc4)ccc32)cc1. The third-order valence-corrected chi connectivity index (χ3v) is 5.51. The van der Waals surface area contributed by atoms with Crippen molar-refractivity contribution >= 4 is 23.5 Å². The first-order valence-corrected chi connectivity index (χ1v) is 10.8. The van der Waals surface area contributed by atoms with E-state index in [4.69, 9.17) is 36.3 Å². The quantitative estimate of drug-likeness (QED) is 0.400. The van der Waals surface area contributed by atoms with Gasteiger partial charge in [-0.15, -0.1) is 0 Å². The monoisotopic (exact) mass is 490 g/mol. The average Bonchev–Trinajstić information content (AvgIpc) is 2.87. The molecule has 9 heteroatoms. The fraction of sp³-hybridized carbons (Fsp3) is 0.115. The van der Waals surface area contributed by atoms with E-state index in [1.54, 1.807) is 60.7 Å². The predicted octanol–water partition coefficient (Wildman–Crippen LogP) is 4.33. The Balaban J connectivity index is 1.54. The van der Waals surface area contributed by atoms with Crippen LogP contribution in [0.5, 0.6) is 17.2 Å². The second-order valence-electron chi connectivity index (χ2n) is 7.45. The van der Waals surface area contributed by atoms with Crippen LogP contribution in [0.15, 0.2) is 78.2 Å². The van der Waals surface area contributed by atoms with E-state index in [2.05, 4.69) is 6.07 Å². The van der Waals surface area contributed by atoms with Crippen LogP contribution in [0, 0.1) is 11.3 Å². The number of allylic oxidation sites excluding steroid dienone is 1. The molecule has 3 aromatic rings. The van der Waals surface area contributed by atoms with Crippen molar-refractivity contribution in [2.24, 2.45) is 5.73 Å². The molecule has 0 bridgehead atoms. The number of nitriles is 1. The first kappa shape index (κ1) is 23.7. The van der Waals surface area contributed by atoms with Gasteiger partial charge in [0.25, 0.3) is 0 Å². The molecule has 1 aliphatic rings. The minimum absolute atomic E-state index is 0.0587. The standard InChI is InChI=1S/C26H19ClN2O6/c1-32-26(31)16-4-2-15(3-5-16)24-20-11-10-19(12-22(20)35-25(29)21(24)13-28)34-23(30)14-33-18-8-6-17(27)7-9-18/h2-12,24H,14,29H2,1H3. The third kappa shape index (κ3) is 5.21. The number of nitrogens with zero attached hydrogens (tertiary/aromatic N) is 1. The van der Waals surface area contributed by atoms with Gasteiger partial charge in [-0.25, -0.2) is 9.59 Å². The maximum Gasteiger partial charge on any atom is 0.349 e. The Morgan fingerprint density at radius 1 is 1.06 bits per heavy atom. The van der Waals surface area contributed by atoms with Gasteiger partial charge in [0.2, 0.25) is 5.88 Å². The normalized spacial score (nSPS) is 14.3. The van der Waals surface area contributed by atoms with Gasteiger partial charge >= 0.3 is 11.9 Å². The molecule has 0 spiro atoms. The van der Waals surface area contributed by atoms with E-state index in [-0.39, 0.29) is 23.8 Å². The van der Waals surface area contributed by atoms with Crippen LogP contribution in [-0.2, 0) is 9.53 Å². The minimum atomic E-state index is -0.619. The smallest absolute Gasteiger partial charge is 0.349 e. The zero-order chi connectivity index (χ0) is 24.9. The molecule has 8 nitrogen and oxygen atoms in total. The summed E-state index contributed by atoms with van der Waals surface area (Å²) in [6, 6.07) is 20.1. The molecule has 4 rings (SSSR count). The number of rotatable bonds is 6. The molecule has 0 fully saturated rings. The molecule has 0 radical (unpaired) electrons. The molecule has 0 amide bonds. The number of hydrogen-bond donors (Lipinski definition) is 1. The lowest BCUT2D eigenvalue weighted by Gasteiger charge is -2.26. The number of hydrogen-bond acceptors (Lipinski definition) is 8. The van der Waals surface area contributed by atoms with Crippen molar-refractivity contribution in [1.29, 1.82) is 5.26 Å². The highest BCUT2D eigenvalue weighted by molar-refractivity contribution is 6.30. The Kier molecular flexibility index (Phi) is 6.90.